The molecular weight excluding hydrogens is 264 g/mol. The van der Waals surface area contributed by atoms with Crippen molar-refractivity contribution >= 4 is 26.8 Å². The van der Waals surface area contributed by atoms with Crippen LogP contribution in [0.2, 0.25) is 0 Å². The smallest absolute Gasteiger partial charge is 0.0480 e. The van der Waals surface area contributed by atoms with Crippen molar-refractivity contribution in [1.29, 1.82) is 0 Å². The third-order valence-corrected chi connectivity index (χ3v) is 3.61. The lowest BCUT2D eigenvalue weighted by molar-refractivity contribution is 0.591. The van der Waals surface area contributed by atoms with Gasteiger partial charge in [0.15, 0.2) is 0 Å². The molecule has 1 unspecified atom stereocenters. The molecule has 1 heterocycles. The summed E-state index contributed by atoms with van der Waals surface area (Å²) in [4.78, 5) is 0. The number of likely N-dealkylation sites (N-methyl/N-ethyl adjacent to an activating group) is 1. The van der Waals surface area contributed by atoms with Crippen molar-refractivity contribution in [3.05, 3.63) is 34.4 Å². The molecule has 1 aromatic heterocycles. The molecule has 3 heteroatoms. The van der Waals surface area contributed by atoms with Crippen LogP contribution in [0.1, 0.15) is 12.6 Å². The fourth-order valence-corrected chi connectivity index (χ4v) is 2.37. The Morgan fingerprint density at radius 2 is 2.12 bits per heavy atom. The highest BCUT2D eigenvalue weighted by molar-refractivity contribution is 9.10. The fraction of sp³-hybridized carbons (Fsp3) is 0.385. The summed E-state index contributed by atoms with van der Waals surface area (Å²) >= 11 is 3.51. The molecule has 0 aliphatic carbocycles. The third-order valence-electron chi connectivity index (χ3n) is 3.11. The number of hydrogen-bond donors (Lipinski definition) is 1. The summed E-state index contributed by atoms with van der Waals surface area (Å²) < 4.78 is 3.41. The minimum Gasteiger partial charge on any atom is -0.348 e. The molecule has 0 bridgehead atoms. The molecule has 2 aromatic rings. The topological polar surface area (TPSA) is 17.0 Å². The van der Waals surface area contributed by atoms with E-state index in [0.29, 0.717) is 6.04 Å². The van der Waals surface area contributed by atoms with Crippen LogP contribution in [0, 0.1) is 0 Å². The Kier molecular flexibility index (Phi) is 3.36. The second-order valence-electron chi connectivity index (χ2n) is 4.29. The zero-order chi connectivity index (χ0) is 11.7. The first-order chi connectivity index (χ1) is 7.61. The molecule has 2 nitrogen and oxygen atoms in total. The lowest BCUT2D eigenvalue weighted by Crippen LogP contribution is -2.24. The van der Waals surface area contributed by atoms with E-state index < -0.39 is 0 Å². The highest BCUT2D eigenvalue weighted by Gasteiger charge is 2.08. The lowest BCUT2D eigenvalue weighted by Gasteiger charge is -2.10. The zero-order valence-electron chi connectivity index (χ0n) is 9.92. The largest absolute Gasteiger partial charge is 0.348 e. The maximum atomic E-state index is 3.51. The summed E-state index contributed by atoms with van der Waals surface area (Å²) in [6.45, 7) is 2.20. The van der Waals surface area contributed by atoms with Crippen LogP contribution in [0.25, 0.3) is 10.9 Å². The Hall–Kier alpha value is -0.800. The van der Waals surface area contributed by atoms with Crippen LogP contribution >= 0.6 is 15.9 Å². The van der Waals surface area contributed by atoms with Gasteiger partial charge in [-0.15, -0.1) is 0 Å². The van der Waals surface area contributed by atoms with Crippen molar-refractivity contribution < 1.29 is 0 Å². The quantitative estimate of drug-likeness (QED) is 0.914. The van der Waals surface area contributed by atoms with E-state index >= 15 is 0 Å². The Morgan fingerprint density at radius 1 is 1.38 bits per heavy atom. The lowest BCUT2D eigenvalue weighted by atomic mass is 10.2. The normalized spacial score (nSPS) is 13.2. The van der Waals surface area contributed by atoms with Gasteiger partial charge in [-0.1, -0.05) is 15.9 Å². The molecule has 86 valence electrons. The minimum atomic E-state index is 0.506. The van der Waals surface area contributed by atoms with Gasteiger partial charge in [-0.2, -0.15) is 0 Å². The number of hydrogen-bond acceptors (Lipinski definition) is 1. The van der Waals surface area contributed by atoms with E-state index in [1.807, 2.05) is 7.05 Å². The van der Waals surface area contributed by atoms with E-state index in [9.17, 15) is 0 Å². The molecule has 0 spiro atoms. The van der Waals surface area contributed by atoms with E-state index in [-0.39, 0.29) is 0 Å². The summed E-state index contributed by atoms with van der Waals surface area (Å²) in [6, 6.07) is 9.20. The van der Waals surface area contributed by atoms with E-state index in [0.717, 1.165) is 10.9 Å². The molecule has 0 saturated carbocycles. The number of halogens is 1. The molecule has 0 fully saturated rings. The maximum absolute atomic E-state index is 3.51. The Balaban J connectivity index is 2.43. The number of fused-ring (bicyclic) bond motifs is 1. The van der Waals surface area contributed by atoms with Gasteiger partial charge < -0.3 is 9.88 Å². The maximum Gasteiger partial charge on any atom is 0.0480 e. The monoisotopic (exact) mass is 280 g/mol. The van der Waals surface area contributed by atoms with Crippen molar-refractivity contribution in [3.8, 4) is 0 Å². The van der Waals surface area contributed by atoms with E-state index in [2.05, 4.69) is 64.1 Å². The van der Waals surface area contributed by atoms with Crippen molar-refractivity contribution in [2.45, 2.75) is 19.4 Å². The van der Waals surface area contributed by atoms with Crippen LogP contribution in [0.5, 0.6) is 0 Å². The Bertz CT molecular complexity index is 502. The number of aromatic nitrogens is 1. The molecule has 1 aromatic carbocycles. The van der Waals surface area contributed by atoms with Gasteiger partial charge in [0.1, 0.15) is 0 Å². The van der Waals surface area contributed by atoms with Gasteiger partial charge in [-0.05, 0) is 38.2 Å². The number of aryl methyl sites for hydroxylation is 1. The first-order valence-electron chi connectivity index (χ1n) is 5.53. The molecule has 0 radical (unpaired) electrons. The van der Waals surface area contributed by atoms with Crippen molar-refractivity contribution in [2.75, 3.05) is 7.05 Å². The summed E-state index contributed by atoms with van der Waals surface area (Å²) in [7, 11) is 4.14. The molecule has 1 atom stereocenters. The van der Waals surface area contributed by atoms with Crippen LogP contribution < -0.4 is 5.32 Å². The van der Waals surface area contributed by atoms with Gasteiger partial charge in [0, 0.05) is 40.6 Å². The fourth-order valence-electron chi connectivity index (χ4n) is 1.99. The first kappa shape index (κ1) is 11.7. The molecule has 16 heavy (non-hydrogen) atoms. The predicted molar refractivity (Wildman–Crippen MR) is 72.8 cm³/mol. The highest BCUT2D eigenvalue weighted by atomic mass is 79.9. The first-order valence-corrected chi connectivity index (χ1v) is 6.32. The molecule has 1 N–H and O–H groups in total. The highest BCUT2D eigenvalue weighted by Crippen LogP contribution is 2.23. The van der Waals surface area contributed by atoms with Crippen molar-refractivity contribution in [2.24, 2.45) is 7.05 Å². The average Bonchev–Trinajstić information content (AvgIpc) is 2.55. The van der Waals surface area contributed by atoms with Gasteiger partial charge in [-0.25, -0.2) is 0 Å². The zero-order valence-corrected chi connectivity index (χ0v) is 11.5. The molecule has 0 aliphatic heterocycles. The minimum absolute atomic E-state index is 0.506. The van der Waals surface area contributed by atoms with Gasteiger partial charge >= 0.3 is 0 Å². The Labute approximate surface area is 105 Å². The van der Waals surface area contributed by atoms with E-state index in [1.54, 1.807) is 0 Å². The molecule has 0 saturated heterocycles. The van der Waals surface area contributed by atoms with Gasteiger partial charge in [0.2, 0.25) is 0 Å². The van der Waals surface area contributed by atoms with Crippen LogP contribution in [0.4, 0.5) is 0 Å². The van der Waals surface area contributed by atoms with E-state index in [1.165, 1.54) is 16.6 Å². The summed E-state index contributed by atoms with van der Waals surface area (Å²) in [5.74, 6) is 0. The van der Waals surface area contributed by atoms with Crippen LogP contribution in [-0.4, -0.2) is 17.7 Å². The SMILES string of the molecule is CNC(C)Cc1cc2cc(Br)ccc2n1C. The predicted octanol–water partition coefficient (Wildman–Crippen LogP) is 3.09. The van der Waals surface area contributed by atoms with Crippen LogP contribution in [-0.2, 0) is 13.5 Å². The summed E-state index contributed by atoms with van der Waals surface area (Å²) in [5, 5.41) is 4.57. The van der Waals surface area contributed by atoms with Crippen molar-refractivity contribution in [1.82, 2.24) is 9.88 Å². The van der Waals surface area contributed by atoms with Crippen molar-refractivity contribution in [3.63, 3.8) is 0 Å². The summed E-state index contributed by atoms with van der Waals surface area (Å²) in [6.07, 6.45) is 1.05. The summed E-state index contributed by atoms with van der Waals surface area (Å²) in [5.41, 5.74) is 2.66. The third kappa shape index (κ3) is 2.15. The second-order valence-corrected chi connectivity index (χ2v) is 5.21. The van der Waals surface area contributed by atoms with Crippen LogP contribution in [0.3, 0.4) is 0 Å². The van der Waals surface area contributed by atoms with Gasteiger partial charge in [0.25, 0.3) is 0 Å². The molecule has 0 amide bonds. The number of rotatable bonds is 3. The van der Waals surface area contributed by atoms with Gasteiger partial charge in [-0.3, -0.25) is 0 Å². The van der Waals surface area contributed by atoms with Gasteiger partial charge in [0.05, 0.1) is 0 Å². The molecule has 2 rings (SSSR count). The second kappa shape index (κ2) is 4.60. The Morgan fingerprint density at radius 3 is 2.81 bits per heavy atom. The number of nitrogens with one attached hydrogen (secondary N) is 1. The van der Waals surface area contributed by atoms with Crippen LogP contribution in [0.15, 0.2) is 28.7 Å². The molecule has 0 aliphatic rings. The number of nitrogens with zero attached hydrogens (tertiary/aromatic N) is 1. The standard InChI is InChI=1S/C13H17BrN2/c1-9(15-2)6-12-8-10-7-11(14)4-5-13(10)16(12)3/h4-5,7-9,15H,6H2,1-3H3. The number of benzene rings is 1. The van der Waals surface area contributed by atoms with E-state index in [4.69, 9.17) is 0 Å². The molecular formula is C13H17BrN2. The average molecular weight is 281 g/mol.